The summed E-state index contributed by atoms with van der Waals surface area (Å²) < 4.78 is 0. The summed E-state index contributed by atoms with van der Waals surface area (Å²) in [6.07, 6.45) is 6.63. The molecule has 0 aliphatic carbocycles. The number of pyridine rings is 1. The molecule has 3 heteroatoms. The monoisotopic (exact) mass is 160 g/mol. The fourth-order valence-electron chi connectivity index (χ4n) is 0.805. The van der Waals surface area contributed by atoms with E-state index in [1.54, 1.807) is 25.4 Å². The minimum atomic E-state index is 0.635. The fraction of sp³-hybridized carbons (Fsp3) is 0.111. The Morgan fingerprint density at radius 3 is 2.83 bits per heavy atom. The van der Waals surface area contributed by atoms with E-state index < -0.39 is 0 Å². The Morgan fingerprint density at radius 2 is 2.25 bits per heavy atom. The summed E-state index contributed by atoms with van der Waals surface area (Å²) >= 11 is 0. The Morgan fingerprint density at radius 1 is 1.58 bits per heavy atom. The molecule has 0 saturated heterocycles. The molecule has 60 valence electrons. The van der Waals surface area contributed by atoms with Crippen LogP contribution >= 0.6 is 0 Å². The number of allylic oxidation sites excluding steroid dienone is 1. The first-order valence-electron chi connectivity index (χ1n) is 3.49. The van der Waals surface area contributed by atoms with E-state index in [2.05, 4.69) is 9.98 Å². The van der Waals surface area contributed by atoms with Gasteiger partial charge in [0.2, 0.25) is 6.08 Å². The van der Waals surface area contributed by atoms with Crippen LogP contribution in [0.25, 0.3) is 6.08 Å². The maximum Gasteiger partial charge on any atom is 0.240 e. The van der Waals surface area contributed by atoms with Crippen molar-refractivity contribution in [2.24, 2.45) is 4.99 Å². The highest BCUT2D eigenvalue weighted by molar-refractivity contribution is 5.53. The third kappa shape index (κ3) is 2.48. The zero-order valence-electron chi connectivity index (χ0n) is 6.69. The van der Waals surface area contributed by atoms with Crippen molar-refractivity contribution in [2.45, 2.75) is 6.92 Å². The average molecular weight is 160 g/mol. The fourth-order valence-corrected chi connectivity index (χ4v) is 0.805. The van der Waals surface area contributed by atoms with Gasteiger partial charge in [0.15, 0.2) is 0 Å². The summed E-state index contributed by atoms with van der Waals surface area (Å²) in [5, 5.41) is 0. The highest BCUT2D eigenvalue weighted by Gasteiger charge is 1.86. The second kappa shape index (κ2) is 4.21. The maximum atomic E-state index is 9.86. The second-order valence-electron chi connectivity index (χ2n) is 2.27. The molecule has 12 heavy (non-hydrogen) atoms. The van der Waals surface area contributed by atoms with E-state index >= 15 is 0 Å². The molecule has 0 aromatic carbocycles. The van der Waals surface area contributed by atoms with Gasteiger partial charge >= 0.3 is 0 Å². The van der Waals surface area contributed by atoms with E-state index in [9.17, 15) is 4.79 Å². The topological polar surface area (TPSA) is 42.3 Å². The van der Waals surface area contributed by atoms with E-state index in [1.165, 1.54) is 6.08 Å². The van der Waals surface area contributed by atoms with Crippen molar-refractivity contribution in [2.75, 3.05) is 0 Å². The molecule has 0 aliphatic heterocycles. The molecule has 1 aromatic heterocycles. The molecule has 0 amide bonds. The number of aliphatic imine (C=N–C) groups is 1. The highest BCUT2D eigenvalue weighted by Crippen LogP contribution is 2.04. The molecule has 0 unspecified atom stereocenters. The van der Waals surface area contributed by atoms with Crippen molar-refractivity contribution in [3.05, 3.63) is 35.8 Å². The first-order chi connectivity index (χ1) is 5.83. The van der Waals surface area contributed by atoms with E-state index in [1.807, 2.05) is 12.1 Å². The predicted molar refractivity (Wildman–Crippen MR) is 46.0 cm³/mol. The summed E-state index contributed by atoms with van der Waals surface area (Å²) in [4.78, 5) is 17.2. The van der Waals surface area contributed by atoms with Crippen molar-refractivity contribution in [1.82, 2.24) is 4.98 Å². The van der Waals surface area contributed by atoms with Crippen molar-refractivity contribution in [3.8, 4) is 0 Å². The van der Waals surface area contributed by atoms with Gasteiger partial charge in [-0.3, -0.25) is 4.98 Å². The van der Waals surface area contributed by atoms with Crippen LogP contribution in [0.15, 0.2) is 35.2 Å². The van der Waals surface area contributed by atoms with Crippen LogP contribution in [0.3, 0.4) is 0 Å². The lowest BCUT2D eigenvalue weighted by Crippen LogP contribution is -1.74. The molecule has 1 heterocycles. The molecule has 0 fully saturated rings. The van der Waals surface area contributed by atoms with Crippen LogP contribution in [0, 0.1) is 0 Å². The van der Waals surface area contributed by atoms with E-state index in [4.69, 9.17) is 0 Å². The Hall–Kier alpha value is -1.73. The molecule has 0 aliphatic rings. The SMILES string of the molecule is C/C(=C/c1ccncc1)N=C=O. The summed E-state index contributed by atoms with van der Waals surface area (Å²) in [6.45, 7) is 1.74. The van der Waals surface area contributed by atoms with Gasteiger partial charge in [-0.1, -0.05) is 0 Å². The Bertz CT molecular complexity index is 324. The van der Waals surface area contributed by atoms with Crippen molar-refractivity contribution >= 4 is 12.2 Å². The number of rotatable bonds is 2. The maximum absolute atomic E-state index is 9.86. The summed E-state index contributed by atoms with van der Waals surface area (Å²) in [5.41, 5.74) is 1.61. The quantitative estimate of drug-likeness (QED) is 0.488. The number of hydrogen-bond donors (Lipinski definition) is 0. The smallest absolute Gasteiger partial charge is 0.240 e. The number of isocyanates is 1. The van der Waals surface area contributed by atoms with Crippen LogP contribution in [-0.2, 0) is 4.79 Å². The third-order valence-electron chi connectivity index (χ3n) is 1.30. The lowest BCUT2D eigenvalue weighted by Gasteiger charge is -1.90. The van der Waals surface area contributed by atoms with Gasteiger partial charge in [-0.25, -0.2) is 4.79 Å². The molecule has 0 atom stereocenters. The normalized spacial score (nSPS) is 10.6. The molecule has 0 spiro atoms. The van der Waals surface area contributed by atoms with E-state index in [-0.39, 0.29) is 0 Å². The van der Waals surface area contributed by atoms with Gasteiger partial charge in [-0.05, 0) is 30.7 Å². The third-order valence-corrected chi connectivity index (χ3v) is 1.30. The summed E-state index contributed by atoms with van der Waals surface area (Å²) in [6, 6.07) is 3.67. The number of nitrogens with zero attached hydrogens (tertiary/aromatic N) is 2. The molecule has 0 radical (unpaired) electrons. The zero-order valence-corrected chi connectivity index (χ0v) is 6.69. The molecular formula is C9H8N2O. The van der Waals surface area contributed by atoms with Gasteiger partial charge < -0.3 is 0 Å². The first kappa shape index (κ1) is 8.37. The lowest BCUT2D eigenvalue weighted by molar-refractivity contribution is 0.564. The van der Waals surface area contributed by atoms with Crippen LogP contribution < -0.4 is 0 Å². The molecule has 1 rings (SSSR count). The van der Waals surface area contributed by atoms with E-state index in [0.29, 0.717) is 5.70 Å². The predicted octanol–water partition coefficient (Wildman–Crippen LogP) is 1.78. The number of hydrogen-bond acceptors (Lipinski definition) is 3. The highest BCUT2D eigenvalue weighted by atomic mass is 16.1. The molecule has 0 saturated carbocycles. The Kier molecular flexibility index (Phi) is 2.94. The Labute approximate surface area is 70.5 Å². The molecule has 3 nitrogen and oxygen atoms in total. The van der Waals surface area contributed by atoms with Crippen molar-refractivity contribution < 1.29 is 4.79 Å². The van der Waals surface area contributed by atoms with E-state index in [0.717, 1.165) is 5.56 Å². The van der Waals surface area contributed by atoms with Crippen LogP contribution in [0.5, 0.6) is 0 Å². The van der Waals surface area contributed by atoms with Crippen LogP contribution in [0.4, 0.5) is 0 Å². The summed E-state index contributed by atoms with van der Waals surface area (Å²) in [7, 11) is 0. The number of carbonyl (C=O) groups excluding carboxylic acids is 1. The molecule has 0 N–H and O–H groups in total. The second-order valence-corrected chi connectivity index (χ2v) is 2.27. The first-order valence-corrected chi connectivity index (χ1v) is 3.49. The average Bonchev–Trinajstić information content (AvgIpc) is 2.06. The van der Waals surface area contributed by atoms with Crippen LogP contribution in [0.2, 0.25) is 0 Å². The van der Waals surface area contributed by atoms with Gasteiger partial charge in [0.25, 0.3) is 0 Å². The van der Waals surface area contributed by atoms with Gasteiger partial charge in [-0.2, -0.15) is 4.99 Å². The largest absolute Gasteiger partial charge is 0.265 e. The Balaban J connectivity index is 2.88. The van der Waals surface area contributed by atoms with Crippen molar-refractivity contribution in [1.29, 1.82) is 0 Å². The minimum Gasteiger partial charge on any atom is -0.265 e. The standard InChI is InChI=1S/C9H8N2O/c1-8(11-7-12)6-9-2-4-10-5-3-9/h2-6H,1H3/b8-6-. The van der Waals surface area contributed by atoms with Crippen LogP contribution in [0.1, 0.15) is 12.5 Å². The number of aromatic nitrogens is 1. The minimum absolute atomic E-state index is 0.635. The molecule has 0 bridgehead atoms. The molecular weight excluding hydrogens is 152 g/mol. The zero-order chi connectivity index (χ0) is 8.81. The van der Waals surface area contributed by atoms with Crippen molar-refractivity contribution in [3.63, 3.8) is 0 Å². The van der Waals surface area contributed by atoms with Gasteiger partial charge in [0, 0.05) is 12.4 Å². The molecule has 1 aromatic rings. The lowest BCUT2D eigenvalue weighted by atomic mass is 10.2. The van der Waals surface area contributed by atoms with Gasteiger partial charge in [0.1, 0.15) is 0 Å². The van der Waals surface area contributed by atoms with Gasteiger partial charge in [0.05, 0.1) is 5.70 Å². The van der Waals surface area contributed by atoms with Crippen LogP contribution in [-0.4, -0.2) is 11.1 Å². The summed E-state index contributed by atoms with van der Waals surface area (Å²) in [5.74, 6) is 0. The van der Waals surface area contributed by atoms with Gasteiger partial charge in [-0.15, -0.1) is 0 Å².